The van der Waals surface area contributed by atoms with Crippen LogP contribution >= 0.6 is 27.7 Å². The highest BCUT2D eigenvalue weighted by atomic mass is 79.9. The van der Waals surface area contributed by atoms with Crippen molar-refractivity contribution >= 4 is 27.7 Å². The van der Waals surface area contributed by atoms with E-state index in [2.05, 4.69) is 33.0 Å². The van der Waals surface area contributed by atoms with Gasteiger partial charge in [-0.05, 0) is 47.1 Å². The molecule has 0 N–H and O–H groups in total. The Bertz CT molecular complexity index is 456. The fourth-order valence-electron chi connectivity index (χ4n) is 1.19. The Kier molecular flexibility index (Phi) is 3.44. The summed E-state index contributed by atoms with van der Waals surface area (Å²) in [5, 5.41) is 1.03. The third kappa shape index (κ3) is 2.83. The second kappa shape index (κ2) is 4.81. The summed E-state index contributed by atoms with van der Waals surface area (Å²) in [6.45, 7) is 2.00. The predicted octanol–water partition coefficient (Wildman–Crippen LogP) is 4.30. The molecule has 2 aromatic rings. The molecule has 2 rings (SSSR count). The third-order valence-electron chi connectivity index (χ3n) is 1.96. The zero-order valence-corrected chi connectivity index (χ0v) is 10.7. The molecule has 0 atom stereocenters. The van der Waals surface area contributed by atoms with Gasteiger partial charge in [-0.2, -0.15) is 0 Å². The molecule has 0 saturated heterocycles. The number of rotatable bonds is 2. The van der Waals surface area contributed by atoms with Crippen molar-refractivity contribution in [2.24, 2.45) is 0 Å². The number of nitrogens with zero attached hydrogens (tertiary/aromatic N) is 1. The van der Waals surface area contributed by atoms with Crippen molar-refractivity contribution < 1.29 is 0 Å². The van der Waals surface area contributed by atoms with E-state index in [0.717, 1.165) is 15.2 Å². The van der Waals surface area contributed by atoms with Crippen LogP contribution in [0, 0.1) is 6.92 Å². The number of benzene rings is 1. The molecule has 0 amide bonds. The van der Waals surface area contributed by atoms with E-state index in [0.29, 0.717) is 0 Å². The molecule has 1 heterocycles. The lowest BCUT2D eigenvalue weighted by Crippen LogP contribution is -1.85. The monoisotopic (exact) mass is 279 g/mol. The number of aromatic nitrogens is 1. The number of hydrogen-bond acceptors (Lipinski definition) is 2. The van der Waals surface area contributed by atoms with E-state index in [1.165, 1.54) is 4.90 Å². The molecule has 0 saturated carbocycles. The molecule has 1 nitrogen and oxygen atoms in total. The van der Waals surface area contributed by atoms with E-state index in [9.17, 15) is 0 Å². The van der Waals surface area contributed by atoms with Crippen LogP contribution in [0.4, 0.5) is 0 Å². The van der Waals surface area contributed by atoms with Crippen LogP contribution in [-0.4, -0.2) is 4.98 Å². The molecule has 0 aliphatic carbocycles. The van der Waals surface area contributed by atoms with Crippen molar-refractivity contribution in [1.29, 1.82) is 0 Å². The summed E-state index contributed by atoms with van der Waals surface area (Å²) in [5.41, 5.74) is 1.02. The van der Waals surface area contributed by atoms with Crippen LogP contribution in [0.5, 0.6) is 0 Å². The maximum atomic E-state index is 4.48. The van der Waals surface area contributed by atoms with Crippen molar-refractivity contribution in [3.8, 4) is 0 Å². The van der Waals surface area contributed by atoms with Crippen LogP contribution < -0.4 is 0 Å². The van der Waals surface area contributed by atoms with Crippen LogP contribution in [-0.2, 0) is 0 Å². The minimum atomic E-state index is 1.02. The molecule has 0 aliphatic rings. The first-order chi connectivity index (χ1) is 7.25. The standard InChI is InChI=1S/C12H10BrNS/c1-9-11(13)7-8-12(14-9)15-10-5-3-2-4-6-10/h2-8H,1H3. The zero-order valence-electron chi connectivity index (χ0n) is 8.27. The average Bonchev–Trinajstić information content (AvgIpc) is 2.25. The maximum absolute atomic E-state index is 4.48. The Morgan fingerprint density at radius 3 is 2.47 bits per heavy atom. The molecular weight excluding hydrogens is 270 g/mol. The smallest absolute Gasteiger partial charge is 0.101 e. The number of pyridine rings is 1. The fourth-order valence-corrected chi connectivity index (χ4v) is 2.26. The van der Waals surface area contributed by atoms with Gasteiger partial charge in [-0.3, -0.25) is 0 Å². The van der Waals surface area contributed by atoms with Gasteiger partial charge in [0.25, 0.3) is 0 Å². The number of aryl methyl sites for hydroxylation is 1. The lowest BCUT2D eigenvalue weighted by Gasteiger charge is -2.02. The van der Waals surface area contributed by atoms with Crippen LogP contribution in [0.15, 0.2) is 56.9 Å². The fraction of sp³-hybridized carbons (Fsp3) is 0.0833. The summed E-state index contributed by atoms with van der Waals surface area (Å²) in [7, 11) is 0. The topological polar surface area (TPSA) is 12.9 Å². The summed E-state index contributed by atoms with van der Waals surface area (Å²) in [5.74, 6) is 0. The second-order valence-corrected chi connectivity index (χ2v) is 5.08. The SMILES string of the molecule is Cc1nc(Sc2ccccc2)ccc1Br. The minimum Gasteiger partial charge on any atom is -0.245 e. The average molecular weight is 280 g/mol. The summed E-state index contributed by atoms with van der Waals surface area (Å²) < 4.78 is 1.06. The van der Waals surface area contributed by atoms with Gasteiger partial charge >= 0.3 is 0 Å². The second-order valence-electron chi connectivity index (χ2n) is 3.13. The molecule has 0 bridgehead atoms. The van der Waals surface area contributed by atoms with E-state index in [1.54, 1.807) is 11.8 Å². The van der Waals surface area contributed by atoms with Gasteiger partial charge in [0.1, 0.15) is 5.03 Å². The highest BCUT2D eigenvalue weighted by molar-refractivity contribution is 9.10. The summed E-state index contributed by atoms with van der Waals surface area (Å²) in [4.78, 5) is 5.70. The summed E-state index contributed by atoms with van der Waals surface area (Å²) >= 11 is 5.12. The van der Waals surface area contributed by atoms with Gasteiger partial charge < -0.3 is 0 Å². The maximum Gasteiger partial charge on any atom is 0.101 e. The van der Waals surface area contributed by atoms with Crippen molar-refractivity contribution in [1.82, 2.24) is 4.98 Å². The van der Waals surface area contributed by atoms with Crippen LogP contribution in [0.25, 0.3) is 0 Å². The first-order valence-electron chi connectivity index (χ1n) is 4.62. The Morgan fingerprint density at radius 2 is 1.80 bits per heavy atom. The lowest BCUT2D eigenvalue weighted by atomic mass is 10.4. The van der Waals surface area contributed by atoms with Crippen molar-refractivity contribution in [3.63, 3.8) is 0 Å². The Balaban J connectivity index is 2.22. The summed E-state index contributed by atoms with van der Waals surface area (Å²) in [6, 6.07) is 14.3. The Hall–Kier alpha value is -0.800. The van der Waals surface area contributed by atoms with Gasteiger partial charge in [0.05, 0.1) is 5.69 Å². The predicted molar refractivity (Wildman–Crippen MR) is 67.2 cm³/mol. The molecule has 0 radical (unpaired) electrons. The van der Waals surface area contributed by atoms with Gasteiger partial charge in [-0.25, -0.2) is 4.98 Å². The molecule has 0 unspecified atom stereocenters. The van der Waals surface area contributed by atoms with Crippen molar-refractivity contribution in [2.75, 3.05) is 0 Å². The molecule has 1 aromatic carbocycles. The van der Waals surface area contributed by atoms with E-state index in [1.807, 2.05) is 37.3 Å². The van der Waals surface area contributed by atoms with Crippen LogP contribution in [0.1, 0.15) is 5.69 Å². The number of hydrogen-bond donors (Lipinski definition) is 0. The third-order valence-corrected chi connectivity index (χ3v) is 3.74. The quantitative estimate of drug-likeness (QED) is 0.813. The normalized spacial score (nSPS) is 10.3. The van der Waals surface area contributed by atoms with E-state index >= 15 is 0 Å². The zero-order chi connectivity index (χ0) is 10.7. The van der Waals surface area contributed by atoms with Gasteiger partial charge in [-0.1, -0.05) is 30.0 Å². The molecular formula is C12H10BrNS. The Morgan fingerprint density at radius 1 is 1.07 bits per heavy atom. The van der Waals surface area contributed by atoms with Crippen LogP contribution in [0.2, 0.25) is 0 Å². The molecule has 3 heteroatoms. The van der Waals surface area contributed by atoms with Crippen LogP contribution in [0.3, 0.4) is 0 Å². The number of halogens is 1. The van der Waals surface area contributed by atoms with E-state index < -0.39 is 0 Å². The highest BCUT2D eigenvalue weighted by Gasteiger charge is 2.00. The largest absolute Gasteiger partial charge is 0.245 e. The highest BCUT2D eigenvalue weighted by Crippen LogP contribution is 2.27. The molecule has 76 valence electrons. The van der Waals surface area contributed by atoms with E-state index in [-0.39, 0.29) is 0 Å². The molecule has 0 spiro atoms. The van der Waals surface area contributed by atoms with Crippen molar-refractivity contribution in [3.05, 3.63) is 52.6 Å². The van der Waals surface area contributed by atoms with Gasteiger partial charge in [0.2, 0.25) is 0 Å². The molecule has 15 heavy (non-hydrogen) atoms. The minimum absolute atomic E-state index is 1.02. The first-order valence-corrected chi connectivity index (χ1v) is 6.23. The van der Waals surface area contributed by atoms with Gasteiger partial charge in [0, 0.05) is 9.37 Å². The van der Waals surface area contributed by atoms with Gasteiger partial charge in [0.15, 0.2) is 0 Å². The first kappa shape index (κ1) is 10.7. The van der Waals surface area contributed by atoms with Crippen molar-refractivity contribution in [2.45, 2.75) is 16.8 Å². The van der Waals surface area contributed by atoms with Gasteiger partial charge in [-0.15, -0.1) is 0 Å². The summed E-state index contributed by atoms with van der Waals surface area (Å²) in [6.07, 6.45) is 0. The molecule has 1 aromatic heterocycles. The molecule has 0 fully saturated rings. The Labute approximate surface area is 102 Å². The van der Waals surface area contributed by atoms with E-state index in [4.69, 9.17) is 0 Å². The lowest BCUT2D eigenvalue weighted by molar-refractivity contribution is 1.05. The molecule has 0 aliphatic heterocycles.